The lowest BCUT2D eigenvalue weighted by molar-refractivity contribution is 0.104. The highest BCUT2D eigenvalue weighted by Gasteiger charge is 2.19. The Bertz CT molecular complexity index is 1300. The van der Waals surface area contributed by atoms with Gasteiger partial charge in [0, 0.05) is 46.9 Å². The van der Waals surface area contributed by atoms with Crippen LogP contribution in [0.1, 0.15) is 10.5 Å². The number of rotatable bonds is 8. The fourth-order valence-electron chi connectivity index (χ4n) is 3.50. The van der Waals surface area contributed by atoms with Crippen molar-refractivity contribution >= 4 is 28.7 Å². The Hall–Kier alpha value is -3.97. The van der Waals surface area contributed by atoms with Gasteiger partial charge in [-0.15, -0.1) is 0 Å². The molecule has 1 N–H and O–H groups in total. The first-order chi connectivity index (χ1) is 16.0. The quantitative estimate of drug-likeness (QED) is 0.275. The maximum absolute atomic E-state index is 13.2. The lowest BCUT2D eigenvalue weighted by Crippen LogP contribution is -2.03. The summed E-state index contributed by atoms with van der Waals surface area (Å²) in [4.78, 5) is 17.9. The Labute approximate surface area is 196 Å². The van der Waals surface area contributed by atoms with Gasteiger partial charge in [-0.05, 0) is 24.3 Å². The van der Waals surface area contributed by atoms with Crippen molar-refractivity contribution in [3.05, 3.63) is 83.8 Å². The number of ketones is 1. The molecule has 0 saturated carbocycles. The van der Waals surface area contributed by atoms with Crippen LogP contribution in [0.4, 0.5) is 5.69 Å². The molecule has 2 aromatic carbocycles. The number of carbonyl (C=O) groups excluding carboxylic acids is 1. The smallest absolute Gasteiger partial charge is 0.206 e. The predicted octanol–water partition coefficient (Wildman–Crippen LogP) is 5.49. The second kappa shape index (κ2) is 9.67. The zero-order chi connectivity index (χ0) is 23.4. The number of allylic oxidation sites excluding steroid dienone is 1. The number of benzene rings is 2. The van der Waals surface area contributed by atoms with Crippen LogP contribution >= 0.6 is 11.6 Å². The highest BCUT2D eigenvalue weighted by atomic mass is 35.5. The number of hydrogen-bond donors (Lipinski definition) is 1. The van der Waals surface area contributed by atoms with E-state index in [1.807, 2.05) is 36.5 Å². The van der Waals surface area contributed by atoms with E-state index in [4.69, 9.17) is 25.8 Å². The molecule has 33 heavy (non-hydrogen) atoms. The molecule has 0 unspecified atom stereocenters. The monoisotopic (exact) mass is 463 g/mol. The van der Waals surface area contributed by atoms with Gasteiger partial charge in [0.1, 0.15) is 17.0 Å². The van der Waals surface area contributed by atoms with Gasteiger partial charge in [-0.3, -0.25) is 9.20 Å². The standard InChI is InChI=1S/C25H22ClN3O4/c1-31-20-14-18(15-21(32-2)25(20)33-3)27-12-11-19(30)24-23(16-7-9-17(26)10-8-16)28-22-6-4-5-13-29(22)24/h4-15,27H,1-3H3/b12-11-. The number of methoxy groups -OCH3 is 3. The lowest BCUT2D eigenvalue weighted by Gasteiger charge is -2.13. The van der Waals surface area contributed by atoms with Crippen molar-refractivity contribution in [1.29, 1.82) is 0 Å². The first-order valence-corrected chi connectivity index (χ1v) is 10.4. The maximum Gasteiger partial charge on any atom is 0.206 e. The Morgan fingerprint density at radius 3 is 2.33 bits per heavy atom. The van der Waals surface area contributed by atoms with Crippen LogP contribution < -0.4 is 19.5 Å². The zero-order valence-corrected chi connectivity index (χ0v) is 19.1. The molecule has 4 aromatic rings. The number of carbonyl (C=O) groups is 1. The van der Waals surface area contributed by atoms with Crippen LogP contribution in [0.2, 0.25) is 5.02 Å². The summed E-state index contributed by atoms with van der Waals surface area (Å²) in [6.07, 6.45) is 4.84. The molecule has 0 aliphatic heterocycles. The number of aromatic nitrogens is 2. The molecule has 8 heteroatoms. The van der Waals surface area contributed by atoms with Gasteiger partial charge in [-0.1, -0.05) is 29.8 Å². The fraction of sp³-hybridized carbons (Fsp3) is 0.120. The van der Waals surface area contributed by atoms with Gasteiger partial charge >= 0.3 is 0 Å². The first-order valence-electron chi connectivity index (χ1n) is 10.1. The zero-order valence-electron chi connectivity index (χ0n) is 18.3. The van der Waals surface area contributed by atoms with Crippen molar-refractivity contribution in [3.63, 3.8) is 0 Å². The van der Waals surface area contributed by atoms with Gasteiger partial charge in [0.05, 0.1) is 21.3 Å². The second-order valence-electron chi connectivity index (χ2n) is 7.00. The number of imidazole rings is 1. The molecule has 0 fully saturated rings. The minimum atomic E-state index is -0.210. The number of nitrogens with zero attached hydrogens (tertiary/aromatic N) is 2. The third-order valence-electron chi connectivity index (χ3n) is 5.03. The lowest BCUT2D eigenvalue weighted by atomic mass is 10.1. The summed E-state index contributed by atoms with van der Waals surface area (Å²) < 4.78 is 17.9. The number of halogens is 1. The Kier molecular flexibility index (Phi) is 6.51. The molecule has 0 amide bonds. The van der Waals surface area contributed by atoms with Crippen LogP contribution in [-0.4, -0.2) is 36.5 Å². The van der Waals surface area contributed by atoms with Crippen LogP contribution in [0.5, 0.6) is 17.2 Å². The first kappa shape index (κ1) is 22.2. The molecular weight excluding hydrogens is 442 g/mol. The van der Waals surface area contributed by atoms with Gasteiger partial charge in [-0.2, -0.15) is 0 Å². The summed E-state index contributed by atoms with van der Waals surface area (Å²) in [7, 11) is 4.63. The Morgan fingerprint density at radius 2 is 1.70 bits per heavy atom. The number of fused-ring (bicyclic) bond motifs is 1. The predicted molar refractivity (Wildman–Crippen MR) is 129 cm³/mol. The molecule has 168 valence electrons. The van der Waals surface area contributed by atoms with Crippen LogP contribution in [0.25, 0.3) is 16.9 Å². The number of ether oxygens (including phenoxy) is 3. The van der Waals surface area contributed by atoms with Crippen molar-refractivity contribution in [2.75, 3.05) is 26.6 Å². The number of nitrogens with one attached hydrogen (secondary N) is 1. The van der Waals surface area contributed by atoms with Gasteiger partial charge in [-0.25, -0.2) is 4.98 Å². The fourth-order valence-corrected chi connectivity index (χ4v) is 3.62. The van der Waals surface area contributed by atoms with E-state index in [1.165, 1.54) is 6.08 Å². The second-order valence-corrected chi connectivity index (χ2v) is 7.44. The highest BCUT2D eigenvalue weighted by Crippen LogP contribution is 2.40. The molecule has 4 rings (SSSR count). The van der Waals surface area contributed by atoms with Gasteiger partial charge in [0.25, 0.3) is 0 Å². The van der Waals surface area contributed by atoms with E-state index in [9.17, 15) is 4.79 Å². The van der Waals surface area contributed by atoms with E-state index in [0.29, 0.717) is 45.0 Å². The molecule has 2 heterocycles. The summed E-state index contributed by atoms with van der Waals surface area (Å²) in [5.41, 5.74) is 3.19. The summed E-state index contributed by atoms with van der Waals surface area (Å²) >= 11 is 6.03. The molecule has 2 aromatic heterocycles. The topological polar surface area (TPSA) is 74.1 Å². The van der Waals surface area contributed by atoms with Crippen LogP contribution in [-0.2, 0) is 0 Å². The number of hydrogen-bond acceptors (Lipinski definition) is 6. The summed E-state index contributed by atoms with van der Waals surface area (Å²) in [6, 6.07) is 16.3. The van der Waals surface area contributed by atoms with E-state index in [1.54, 1.807) is 56.2 Å². The molecule has 0 bridgehead atoms. The van der Waals surface area contributed by atoms with E-state index in [2.05, 4.69) is 10.3 Å². The van der Waals surface area contributed by atoms with Gasteiger partial charge in [0.15, 0.2) is 11.5 Å². The highest BCUT2D eigenvalue weighted by molar-refractivity contribution is 6.30. The Balaban J connectivity index is 1.66. The van der Waals surface area contributed by atoms with Crippen molar-refractivity contribution in [2.45, 2.75) is 0 Å². The third kappa shape index (κ3) is 4.49. The largest absolute Gasteiger partial charge is 0.493 e. The van der Waals surface area contributed by atoms with Crippen molar-refractivity contribution in [3.8, 4) is 28.5 Å². The average molecular weight is 464 g/mol. The van der Waals surface area contributed by atoms with Gasteiger partial charge < -0.3 is 19.5 Å². The number of anilines is 1. The Morgan fingerprint density at radius 1 is 1.00 bits per heavy atom. The molecule has 0 spiro atoms. The van der Waals surface area contributed by atoms with E-state index in [-0.39, 0.29) is 5.78 Å². The SMILES string of the molecule is COc1cc(N/C=C\C(=O)c2c(-c3ccc(Cl)cc3)nc3ccccn23)cc(OC)c1OC. The van der Waals surface area contributed by atoms with E-state index >= 15 is 0 Å². The van der Waals surface area contributed by atoms with Crippen molar-refractivity contribution < 1.29 is 19.0 Å². The molecule has 0 aliphatic carbocycles. The molecule has 0 aliphatic rings. The molecule has 0 atom stereocenters. The van der Waals surface area contributed by atoms with Gasteiger partial charge in [0.2, 0.25) is 11.5 Å². The molecule has 0 radical (unpaired) electrons. The van der Waals surface area contributed by atoms with Crippen LogP contribution in [0.3, 0.4) is 0 Å². The molecule has 7 nitrogen and oxygen atoms in total. The van der Waals surface area contributed by atoms with Crippen molar-refractivity contribution in [1.82, 2.24) is 9.38 Å². The summed E-state index contributed by atoms with van der Waals surface area (Å²) in [6.45, 7) is 0. The molecule has 0 saturated heterocycles. The summed E-state index contributed by atoms with van der Waals surface area (Å²) in [5, 5.41) is 3.70. The van der Waals surface area contributed by atoms with E-state index in [0.717, 1.165) is 5.56 Å². The van der Waals surface area contributed by atoms with Crippen LogP contribution in [0, 0.1) is 0 Å². The van der Waals surface area contributed by atoms with Crippen molar-refractivity contribution in [2.24, 2.45) is 0 Å². The third-order valence-corrected chi connectivity index (χ3v) is 5.28. The van der Waals surface area contributed by atoms with Crippen LogP contribution in [0.15, 0.2) is 73.1 Å². The summed E-state index contributed by atoms with van der Waals surface area (Å²) in [5.74, 6) is 1.29. The molecular formula is C25H22ClN3O4. The van der Waals surface area contributed by atoms with E-state index < -0.39 is 0 Å². The minimum absolute atomic E-state index is 0.210. The maximum atomic E-state index is 13.2. The normalized spacial score (nSPS) is 11.0. The number of pyridine rings is 1. The average Bonchev–Trinajstić information content (AvgIpc) is 3.23. The minimum Gasteiger partial charge on any atom is -0.493 e.